The van der Waals surface area contributed by atoms with Crippen molar-refractivity contribution in [2.45, 2.75) is 6.92 Å². The Hall–Kier alpha value is -3.27. The van der Waals surface area contributed by atoms with Gasteiger partial charge in [0.1, 0.15) is 12.3 Å². The fraction of sp³-hybridized carbons (Fsp3) is 0.263. The zero-order valence-corrected chi connectivity index (χ0v) is 17.1. The first kappa shape index (κ1) is 22.0. The van der Waals surface area contributed by atoms with Gasteiger partial charge in [-0.15, -0.1) is 0 Å². The van der Waals surface area contributed by atoms with Crippen LogP contribution >= 0.6 is 0 Å². The Kier molecular flexibility index (Phi) is 7.43. The number of carbonyl (C=O) groups excluding carboxylic acids is 1. The predicted octanol–water partition coefficient (Wildman–Crippen LogP) is 1.72. The van der Waals surface area contributed by atoms with Crippen LogP contribution in [-0.4, -0.2) is 52.2 Å². The molecule has 156 valence electrons. The number of sulfonamides is 1. The first-order valence-corrected chi connectivity index (χ1v) is 10.3. The maximum absolute atomic E-state index is 12.4. The molecular formula is C19H23N3O6S. The summed E-state index contributed by atoms with van der Waals surface area (Å²) < 4.78 is 35.9. The molecule has 2 rings (SSSR count). The van der Waals surface area contributed by atoms with E-state index in [0.717, 1.165) is 4.31 Å². The van der Waals surface area contributed by atoms with Gasteiger partial charge in [0.2, 0.25) is 10.0 Å². The molecule has 0 heterocycles. The van der Waals surface area contributed by atoms with E-state index in [0.29, 0.717) is 17.0 Å². The van der Waals surface area contributed by atoms with Gasteiger partial charge in [-0.05, 0) is 43.3 Å². The maximum atomic E-state index is 12.4. The Labute approximate surface area is 169 Å². The highest BCUT2D eigenvalue weighted by molar-refractivity contribution is 7.92. The fourth-order valence-electron chi connectivity index (χ4n) is 2.40. The lowest BCUT2D eigenvalue weighted by atomic mass is 10.2. The van der Waals surface area contributed by atoms with Crippen LogP contribution < -0.4 is 19.2 Å². The van der Waals surface area contributed by atoms with E-state index in [4.69, 9.17) is 9.47 Å². The second-order valence-corrected chi connectivity index (χ2v) is 7.98. The van der Waals surface area contributed by atoms with Crippen LogP contribution in [0.1, 0.15) is 12.5 Å². The number of carbonyl (C=O) groups is 1. The van der Waals surface area contributed by atoms with E-state index in [1.807, 2.05) is 0 Å². The van der Waals surface area contributed by atoms with Crippen molar-refractivity contribution in [2.75, 3.05) is 30.8 Å². The van der Waals surface area contributed by atoms with Gasteiger partial charge in [-0.25, -0.2) is 13.8 Å². The Morgan fingerprint density at radius 3 is 2.45 bits per heavy atom. The molecule has 0 spiro atoms. The molecule has 0 aliphatic heterocycles. The van der Waals surface area contributed by atoms with Crippen molar-refractivity contribution >= 4 is 27.8 Å². The van der Waals surface area contributed by atoms with Gasteiger partial charge < -0.3 is 14.6 Å². The molecule has 0 aromatic heterocycles. The summed E-state index contributed by atoms with van der Waals surface area (Å²) in [7, 11) is -0.780. The number of ether oxygens (including phenoxy) is 2. The second-order valence-electron chi connectivity index (χ2n) is 5.80. The maximum Gasteiger partial charge on any atom is 0.260 e. The van der Waals surface area contributed by atoms with E-state index in [2.05, 4.69) is 10.5 Å². The van der Waals surface area contributed by atoms with E-state index < -0.39 is 22.5 Å². The van der Waals surface area contributed by atoms with Crippen molar-refractivity contribution in [3.05, 3.63) is 48.0 Å². The third kappa shape index (κ3) is 5.61. The second kappa shape index (κ2) is 9.78. The van der Waals surface area contributed by atoms with Gasteiger partial charge in [0.05, 0.1) is 31.9 Å². The minimum atomic E-state index is -3.70. The van der Waals surface area contributed by atoms with Gasteiger partial charge in [-0.2, -0.15) is 5.10 Å². The van der Waals surface area contributed by atoms with Crippen LogP contribution in [0.25, 0.3) is 0 Å². The summed E-state index contributed by atoms with van der Waals surface area (Å²) in [4.78, 5) is 12.3. The molecule has 0 aliphatic carbocycles. The largest absolute Gasteiger partial charge is 0.504 e. The molecule has 0 radical (unpaired) electrons. The number of nitrogens with one attached hydrogen (secondary N) is 1. The number of hydrogen-bond donors (Lipinski definition) is 2. The molecule has 2 aromatic carbocycles. The molecule has 1 amide bonds. The van der Waals surface area contributed by atoms with E-state index in [-0.39, 0.29) is 17.3 Å². The summed E-state index contributed by atoms with van der Waals surface area (Å²) >= 11 is 0. The topological polar surface area (TPSA) is 118 Å². The number of hydrazone groups is 1. The number of phenols is 1. The third-order valence-electron chi connectivity index (χ3n) is 3.99. The Morgan fingerprint density at radius 1 is 1.17 bits per heavy atom. The van der Waals surface area contributed by atoms with Gasteiger partial charge >= 0.3 is 0 Å². The van der Waals surface area contributed by atoms with Crippen LogP contribution in [0, 0.1) is 0 Å². The van der Waals surface area contributed by atoms with Crippen LogP contribution in [0.4, 0.5) is 5.69 Å². The predicted molar refractivity (Wildman–Crippen MR) is 110 cm³/mol. The summed E-state index contributed by atoms with van der Waals surface area (Å²) in [6.07, 6.45) is 1.24. The molecule has 10 heteroatoms. The average Bonchev–Trinajstić information content (AvgIpc) is 2.73. The number of phenolic OH excluding ortho intramolecular Hbond substituents is 1. The van der Waals surface area contributed by atoms with Gasteiger partial charge in [0, 0.05) is 5.56 Å². The SMILES string of the molecule is CCS(=O)(=O)N(CC(=O)N/N=C\c1cccc(OC)c1O)c1ccc(OC)cc1. The van der Waals surface area contributed by atoms with Crippen LogP contribution in [-0.2, 0) is 14.8 Å². The van der Waals surface area contributed by atoms with Gasteiger partial charge in [-0.3, -0.25) is 9.10 Å². The average molecular weight is 421 g/mol. The molecule has 0 saturated carbocycles. The zero-order chi connectivity index (χ0) is 21.4. The van der Waals surface area contributed by atoms with E-state index >= 15 is 0 Å². The Balaban J connectivity index is 2.14. The molecule has 2 N–H and O–H groups in total. The van der Waals surface area contributed by atoms with E-state index in [1.54, 1.807) is 42.5 Å². The number of para-hydroxylation sites is 1. The molecule has 9 nitrogen and oxygen atoms in total. The quantitative estimate of drug-likeness (QED) is 0.470. The van der Waals surface area contributed by atoms with Crippen LogP contribution in [0.5, 0.6) is 17.2 Å². The summed E-state index contributed by atoms with van der Waals surface area (Å²) in [5.74, 6) is -0.111. The van der Waals surface area contributed by atoms with Crippen LogP contribution in [0.2, 0.25) is 0 Å². The third-order valence-corrected chi connectivity index (χ3v) is 5.73. The highest BCUT2D eigenvalue weighted by atomic mass is 32.2. The number of amides is 1. The van der Waals surface area contributed by atoms with Crippen molar-refractivity contribution in [3.8, 4) is 17.2 Å². The molecule has 0 fully saturated rings. The van der Waals surface area contributed by atoms with E-state index in [9.17, 15) is 18.3 Å². The lowest BCUT2D eigenvalue weighted by Crippen LogP contribution is -2.40. The molecule has 0 atom stereocenters. The summed E-state index contributed by atoms with van der Waals surface area (Å²) in [6, 6.07) is 11.1. The number of anilines is 1. The number of rotatable bonds is 9. The summed E-state index contributed by atoms with van der Waals surface area (Å²) in [5, 5.41) is 13.8. The minimum Gasteiger partial charge on any atom is -0.504 e. The van der Waals surface area contributed by atoms with Gasteiger partial charge in [0.15, 0.2) is 11.5 Å². The lowest BCUT2D eigenvalue weighted by molar-refractivity contribution is -0.119. The molecule has 29 heavy (non-hydrogen) atoms. The first-order chi connectivity index (χ1) is 13.8. The smallest absolute Gasteiger partial charge is 0.260 e. The molecule has 0 bridgehead atoms. The molecule has 2 aromatic rings. The first-order valence-electron chi connectivity index (χ1n) is 8.64. The zero-order valence-electron chi connectivity index (χ0n) is 16.3. The van der Waals surface area contributed by atoms with Crippen molar-refractivity contribution in [2.24, 2.45) is 5.10 Å². The highest BCUT2D eigenvalue weighted by Crippen LogP contribution is 2.28. The number of hydrogen-bond acceptors (Lipinski definition) is 7. The van der Waals surface area contributed by atoms with Crippen molar-refractivity contribution in [1.82, 2.24) is 5.43 Å². The number of nitrogens with zero attached hydrogens (tertiary/aromatic N) is 2. The fourth-order valence-corrected chi connectivity index (χ4v) is 3.47. The molecule has 0 unspecified atom stereocenters. The lowest BCUT2D eigenvalue weighted by Gasteiger charge is -2.23. The van der Waals surface area contributed by atoms with E-state index in [1.165, 1.54) is 27.4 Å². The van der Waals surface area contributed by atoms with Crippen molar-refractivity contribution < 1.29 is 27.8 Å². The standard InChI is InChI=1S/C19H23N3O6S/c1-4-29(25,26)22(15-8-10-16(27-2)11-9-15)13-18(23)21-20-12-14-6-5-7-17(28-3)19(14)24/h5-12,24H,4,13H2,1-3H3,(H,21,23)/b20-12-. The number of methoxy groups -OCH3 is 2. The summed E-state index contributed by atoms with van der Waals surface area (Å²) in [5.41, 5.74) is 2.92. The van der Waals surface area contributed by atoms with Crippen LogP contribution in [0.3, 0.4) is 0 Å². The number of benzene rings is 2. The van der Waals surface area contributed by atoms with Gasteiger partial charge in [0.25, 0.3) is 5.91 Å². The highest BCUT2D eigenvalue weighted by Gasteiger charge is 2.23. The van der Waals surface area contributed by atoms with Crippen LogP contribution in [0.15, 0.2) is 47.6 Å². The van der Waals surface area contributed by atoms with Crippen molar-refractivity contribution in [1.29, 1.82) is 0 Å². The number of aromatic hydroxyl groups is 1. The normalized spacial score (nSPS) is 11.3. The Bertz CT molecular complexity index is 974. The molecule has 0 saturated heterocycles. The van der Waals surface area contributed by atoms with Gasteiger partial charge in [-0.1, -0.05) is 6.07 Å². The summed E-state index contributed by atoms with van der Waals surface area (Å²) in [6.45, 7) is 1.04. The Morgan fingerprint density at radius 2 is 1.86 bits per heavy atom. The molecule has 0 aliphatic rings. The monoisotopic (exact) mass is 421 g/mol. The van der Waals surface area contributed by atoms with Crippen molar-refractivity contribution in [3.63, 3.8) is 0 Å². The minimum absolute atomic E-state index is 0.124. The molecular weight excluding hydrogens is 398 g/mol.